The molecular formula is C19H18FN3O. The Kier molecular flexibility index (Phi) is 3.56. The first kappa shape index (κ1) is 14.9. The molecular weight excluding hydrogens is 305 g/mol. The SMILES string of the molecule is Cc1cccc(-c2cnc3ccn(CC(=O)N4CC(F)C4)c3c2)c1. The molecule has 1 saturated heterocycles. The highest BCUT2D eigenvalue weighted by Crippen LogP contribution is 2.24. The average molecular weight is 323 g/mol. The highest BCUT2D eigenvalue weighted by Gasteiger charge is 2.30. The number of aromatic nitrogens is 2. The van der Waals surface area contributed by atoms with Crippen molar-refractivity contribution < 1.29 is 9.18 Å². The molecule has 1 aliphatic heterocycles. The maximum Gasteiger partial charge on any atom is 0.242 e. The summed E-state index contributed by atoms with van der Waals surface area (Å²) >= 11 is 0. The number of halogens is 1. The van der Waals surface area contributed by atoms with Crippen molar-refractivity contribution in [3.05, 3.63) is 54.4 Å². The number of rotatable bonds is 3. The van der Waals surface area contributed by atoms with Crippen LogP contribution in [0.2, 0.25) is 0 Å². The lowest BCUT2D eigenvalue weighted by atomic mass is 10.1. The van der Waals surface area contributed by atoms with Gasteiger partial charge in [0.1, 0.15) is 12.7 Å². The molecule has 0 radical (unpaired) electrons. The summed E-state index contributed by atoms with van der Waals surface area (Å²) in [5.74, 6) is -0.0534. The van der Waals surface area contributed by atoms with E-state index in [0.717, 1.165) is 22.2 Å². The van der Waals surface area contributed by atoms with Gasteiger partial charge in [-0.2, -0.15) is 0 Å². The molecule has 0 N–H and O–H groups in total. The number of fused-ring (bicyclic) bond motifs is 1. The van der Waals surface area contributed by atoms with Crippen LogP contribution in [0.5, 0.6) is 0 Å². The van der Waals surface area contributed by atoms with Crippen LogP contribution in [-0.2, 0) is 11.3 Å². The third-order valence-corrected chi connectivity index (χ3v) is 4.47. The normalized spacial score (nSPS) is 14.8. The molecule has 1 amide bonds. The molecule has 3 aromatic rings. The molecule has 4 rings (SSSR count). The van der Waals surface area contributed by atoms with Gasteiger partial charge in [-0.25, -0.2) is 4.39 Å². The monoisotopic (exact) mass is 323 g/mol. The Morgan fingerprint density at radius 2 is 2.08 bits per heavy atom. The van der Waals surface area contributed by atoms with E-state index in [1.807, 2.05) is 29.1 Å². The minimum Gasteiger partial charge on any atom is -0.337 e. The van der Waals surface area contributed by atoms with Crippen molar-refractivity contribution >= 4 is 16.9 Å². The van der Waals surface area contributed by atoms with Gasteiger partial charge in [0.15, 0.2) is 0 Å². The van der Waals surface area contributed by atoms with Crippen LogP contribution in [0.15, 0.2) is 48.8 Å². The van der Waals surface area contributed by atoms with Crippen molar-refractivity contribution in [1.29, 1.82) is 0 Å². The predicted molar refractivity (Wildman–Crippen MR) is 91.4 cm³/mol. The smallest absolute Gasteiger partial charge is 0.242 e. The maximum absolute atomic E-state index is 12.9. The van der Waals surface area contributed by atoms with E-state index in [9.17, 15) is 9.18 Å². The molecule has 0 atom stereocenters. The van der Waals surface area contributed by atoms with E-state index in [2.05, 4.69) is 36.2 Å². The van der Waals surface area contributed by atoms with Crippen LogP contribution in [0.25, 0.3) is 22.2 Å². The van der Waals surface area contributed by atoms with E-state index >= 15 is 0 Å². The van der Waals surface area contributed by atoms with E-state index in [1.165, 1.54) is 5.56 Å². The van der Waals surface area contributed by atoms with Crippen molar-refractivity contribution in [3.63, 3.8) is 0 Å². The van der Waals surface area contributed by atoms with E-state index in [4.69, 9.17) is 0 Å². The molecule has 1 fully saturated rings. The van der Waals surface area contributed by atoms with E-state index < -0.39 is 6.17 Å². The molecule has 24 heavy (non-hydrogen) atoms. The largest absolute Gasteiger partial charge is 0.337 e. The molecule has 1 aliphatic rings. The molecule has 0 unspecified atom stereocenters. The summed E-state index contributed by atoms with van der Waals surface area (Å²) in [6, 6.07) is 12.2. The first-order chi connectivity index (χ1) is 11.6. The van der Waals surface area contributed by atoms with Gasteiger partial charge in [-0.1, -0.05) is 29.8 Å². The number of hydrogen-bond acceptors (Lipinski definition) is 2. The summed E-state index contributed by atoms with van der Waals surface area (Å²) < 4.78 is 14.8. The maximum atomic E-state index is 12.9. The van der Waals surface area contributed by atoms with Gasteiger partial charge in [-0.05, 0) is 24.6 Å². The number of pyridine rings is 1. The highest BCUT2D eigenvalue weighted by molar-refractivity contribution is 5.84. The number of nitrogens with zero attached hydrogens (tertiary/aromatic N) is 3. The molecule has 5 heteroatoms. The number of amides is 1. The fraction of sp³-hybridized carbons (Fsp3) is 0.263. The second kappa shape index (κ2) is 5.74. The number of likely N-dealkylation sites (tertiary alicyclic amines) is 1. The van der Waals surface area contributed by atoms with Gasteiger partial charge in [-0.3, -0.25) is 9.78 Å². The van der Waals surface area contributed by atoms with Crippen LogP contribution in [-0.4, -0.2) is 39.6 Å². The van der Waals surface area contributed by atoms with Crippen LogP contribution in [0.1, 0.15) is 5.56 Å². The summed E-state index contributed by atoms with van der Waals surface area (Å²) in [5, 5.41) is 0. The number of hydrogen-bond donors (Lipinski definition) is 0. The number of carbonyl (C=O) groups is 1. The van der Waals surface area contributed by atoms with Crippen molar-refractivity contribution in [1.82, 2.24) is 14.5 Å². The second-order valence-electron chi connectivity index (χ2n) is 6.34. The first-order valence-corrected chi connectivity index (χ1v) is 8.04. The summed E-state index contributed by atoms with van der Waals surface area (Å²) in [6.07, 6.45) is 2.85. The molecule has 3 heterocycles. The number of alkyl halides is 1. The Morgan fingerprint density at radius 1 is 1.25 bits per heavy atom. The van der Waals surface area contributed by atoms with Crippen LogP contribution >= 0.6 is 0 Å². The Balaban J connectivity index is 1.65. The molecule has 1 aromatic carbocycles. The van der Waals surface area contributed by atoms with Gasteiger partial charge < -0.3 is 9.47 Å². The third kappa shape index (κ3) is 2.66. The Hall–Kier alpha value is -2.69. The van der Waals surface area contributed by atoms with Gasteiger partial charge in [-0.15, -0.1) is 0 Å². The molecule has 0 spiro atoms. The molecule has 4 nitrogen and oxygen atoms in total. The standard InChI is InChI=1S/C19H18FN3O/c1-13-3-2-4-14(7-13)15-8-18-17(21-9-15)5-6-22(18)12-19(24)23-10-16(20)11-23/h2-9,16H,10-12H2,1H3. The fourth-order valence-corrected chi connectivity index (χ4v) is 3.06. The Bertz CT molecular complexity index is 912. The van der Waals surface area contributed by atoms with E-state index in [1.54, 1.807) is 4.90 Å². The molecule has 122 valence electrons. The zero-order valence-electron chi connectivity index (χ0n) is 13.4. The van der Waals surface area contributed by atoms with Gasteiger partial charge >= 0.3 is 0 Å². The van der Waals surface area contributed by atoms with E-state index in [0.29, 0.717) is 0 Å². The van der Waals surface area contributed by atoms with Crippen molar-refractivity contribution in [2.24, 2.45) is 0 Å². The summed E-state index contributed by atoms with van der Waals surface area (Å²) in [7, 11) is 0. The number of carbonyl (C=O) groups excluding carboxylic acids is 1. The van der Waals surface area contributed by atoms with Gasteiger partial charge in [0.05, 0.1) is 24.1 Å². The lowest BCUT2D eigenvalue weighted by Crippen LogP contribution is -2.52. The van der Waals surface area contributed by atoms with Crippen LogP contribution in [0.3, 0.4) is 0 Å². The molecule has 2 aromatic heterocycles. The molecule has 0 aliphatic carbocycles. The zero-order chi connectivity index (χ0) is 16.7. The third-order valence-electron chi connectivity index (χ3n) is 4.47. The minimum absolute atomic E-state index is 0.0534. The average Bonchev–Trinajstić information content (AvgIpc) is 2.94. The lowest BCUT2D eigenvalue weighted by molar-refractivity contribution is -0.138. The first-order valence-electron chi connectivity index (χ1n) is 8.04. The number of aryl methyl sites for hydroxylation is 1. The zero-order valence-corrected chi connectivity index (χ0v) is 13.4. The van der Waals surface area contributed by atoms with Crippen molar-refractivity contribution in [3.8, 4) is 11.1 Å². The van der Waals surface area contributed by atoms with E-state index in [-0.39, 0.29) is 25.5 Å². The highest BCUT2D eigenvalue weighted by atomic mass is 19.1. The van der Waals surface area contributed by atoms with Gasteiger partial charge in [0, 0.05) is 18.0 Å². The van der Waals surface area contributed by atoms with Crippen LogP contribution < -0.4 is 0 Å². The van der Waals surface area contributed by atoms with Crippen molar-refractivity contribution in [2.75, 3.05) is 13.1 Å². The topological polar surface area (TPSA) is 38.1 Å². The molecule has 0 bridgehead atoms. The predicted octanol–water partition coefficient (Wildman–Crippen LogP) is 3.19. The summed E-state index contributed by atoms with van der Waals surface area (Å²) in [4.78, 5) is 18.2. The van der Waals surface area contributed by atoms with Crippen LogP contribution in [0.4, 0.5) is 4.39 Å². The Labute approximate surface area is 139 Å². The summed E-state index contributed by atoms with van der Waals surface area (Å²) in [6.45, 7) is 2.70. The quantitative estimate of drug-likeness (QED) is 0.742. The van der Waals surface area contributed by atoms with Gasteiger partial charge in [0.25, 0.3) is 0 Å². The lowest BCUT2D eigenvalue weighted by Gasteiger charge is -2.34. The Morgan fingerprint density at radius 3 is 2.83 bits per heavy atom. The van der Waals surface area contributed by atoms with Crippen LogP contribution in [0, 0.1) is 6.92 Å². The van der Waals surface area contributed by atoms with Gasteiger partial charge in [0.2, 0.25) is 5.91 Å². The second-order valence-corrected chi connectivity index (χ2v) is 6.34. The number of benzene rings is 1. The minimum atomic E-state index is -0.870. The fourth-order valence-electron chi connectivity index (χ4n) is 3.06. The summed E-state index contributed by atoms with van der Waals surface area (Å²) in [5.41, 5.74) is 5.08. The van der Waals surface area contributed by atoms with Crippen molar-refractivity contribution in [2.45, 2.75) is 19.6 Å². The molecule has 0 saturated carbocycles.